The Morgan fingerprint density at radius 3 is 2.70 bits per heavy atom. The number of esters is 1. The SMILES string of the molecule is CCOC(=O)CC#Cc1cc(N)ccc1OC(F)(F)F. The molecule has 0 amide bonds. The number of benzene rings is 1. The van der Waals surface area contributed by atoms with Crippen LogP contribution in [-0.4, -0.2) is 18.9 Å². The number of alkyl halides is 3. The molecule has 0 aliphatic heterocycles. The molecule has 108 valence electrons. The first kappa shape index (κ1) is 15.7. The van der Waals surface area contributed by atoms with Crippen LogP contribution in [-0.2, 0) is 9.53 Å². The lowest BCUT2D eigenvalue weighted by atomic mass is 10.2. The minimum absolute atomic E-state index is 0.0494. The first-order valence-corrected chi connectivity index (χ1v) is 5.61. The summed E-state index contributed by atoms with van der Waals surface area (Å²) in [5.41, 5.74) is 5.66. The van der Waals surface area contributed by atoms with E-state index in [4.69, 9.17) is 5.73 Å². The van der Waals surface area contributed by atoms with Gasteiger partial charge in [0.15, 0.2) is 0 Å². The number of halogens is 3. The first-order valence-electron chi connectivity index (χ1n) is 5.61. The summed E-state index contributed by atoms with van der Waals surface area (Å²) in [6.07, 6.45) is -5.05. The number of ether oxygens (including phenoxy) is 2. The first-order chi connectivity index (χ1) is 9.31. The van der Waals surface area contributed by atoms with Crippen molar-refractivity contribution < 1.29 is 27.4 Å². The molecule has 0 aliphatic carbocycles. The molecule has 0 fully saturated rings. The van der Waals surface area contributed by atoms with Crippen molar-refractivity contribution in [3.63, 3.8) is 0 Å². The Labute approximate surface area is 113 Å². The van der Waals surface area contributed by atoms with Crippen molar-refractivity contribution in [3.8, 4) is 17.6 Å². The second-order valence-electron chi connectivity index (χ2n) is 3.59. The number of anilines is 1. The van der Waals surface area contributed by atoms with Crippen molar-refractivity contribution in [2.45, 2.75) is 19.7 Å². The Hall–Kier alpha value is -2.36. The van der Waals surface area contributed by atoms with Gasteiger partial charge < -0.3 is 15.2 Å². The van der Waals surface area contributed by atoms with E-state index in [1.165, 1.54) is 12.1 Å². The number of hydrogen-bond donors (Lipinski definition) is 1. The summed E-state index contributed by atoms with van der Waals surface area (Å²) >= 11 is 0. The number of nitrogen functional groups attached to an aromatic ring is 1. The van der Waals surface area contributed by atoms with Crippen LogP contribution in [0.5, 0.6) is 5.75 Å². The van der Waals surface area contributed by atoms with Gasteiger partial charge in [0, 0.05) is 5.69 Å². The van der Waals surface area contributed by atoms with Gasteiger partial charge in [-0.15, -0.1) is 13.2 Å². The minimum atomic E-state index is -4.83. The van der Waals surface area contributed by atoms with Gasteiger partial charge in [0.2, 0.25) is 0 Å². The Balaban J connectivity index is 2.90. The van der Waals surface area contributed by atoms with Crippen LogP contribution in [0.4, 0.5) is 18.9 Å². The number of rotatable bonds is 3. The van der Waals surface area contributed by atoms with Gasteiger partial charge in [-0.2, -0.15) is 0 Å². The molecule has 0 atom stereocenters. The van der Waals surface area contributed by atoms with Crippen LogP contribution in [0.25, 0.3) is 0 Å². The third kappa shape index (κ3) is 5.52. The predicted octanol–water partition coefficient (Wildman–Crippen LogP) is 2.47. The van der Waals surface area contributed by atoms with Crippen molar-refractivity contribution in [3.05, 3.63) is 23.8 Å². The van der Waals surface area contributed by atoms with Gasteiger partial charge in [-0.25, -0.2) is 0 Å². The Morgan fingerprint density at radius 1 is 1.40 bits per heavy atom. The fourth-order valence-corrected chi connectivity index (χ4v) is 1.28. The summed E-state index contributed by atoms with van der Waals surface area (Å²) in [6.45, 7) is 1.85. The van der Waals surface area contributed by atoms with E-state index >= 15 is 0 Å². The maximum Gasteiger partial charge on any atom is 0.573 e. The topological polar surface area (TPSA) is 61.5 Å². The molecule has 0 heterocycles. The van der Waals surface area contributed by atoms with Crippen molar-refractivity contribution in [2.24, 2.45) is 0 Å². The zero-order valence-corrected chi connectivity index (χ0v) is 10.6. The normalized spacial score (nSPS) is 10.4. The summed E-state index contributed by atoms with van der Waals surface area (Å²) in [5.74, 6) is 3.80. The average Bonchev–Trinajstić information content (AvgIpc) is 2.31. The maximum atomic E-state index is 12.2. The molecule has 0 saturated heterocycles. The lowest BCUT2D eigenvalue weighted by molar-refractivity contribution is -0.274. The van der Waals surface area contributed by atoms with Gasteiger partial charge in [0.05, 0.1) is 12.2 Å². The third-order valence-corrected chi connectivity index (χ3v) is 1.99. The van der Waals surface area contributed by atoms with Crippen LogP contribution < -0.4 is 10.5 Å². The molecule has 4 nitrogen and oxygen atoms in total. The van der Waals surface area contributed by atoms with Gasteiger partial charge in [-0.3, -0.25) is 4.79 Å². The standard InChI is InChI=1S/C13H12F3NO3/c1-2-19-12(18)5-3-4-9-8-10(17)6-7-11(9)20-13(14,15)16/h6-8H,2,5,17H2,1H3. The zero-order chi connectivity index (χ0) is 15.2. The molecule has 0 aromatic heterocycles. The molecule has 1 rings (SSSR count). The second-order valence-corrected chi connectivity index (χ2v) is 3.59. The highest BCUT2D eigenvalue weighted by Gasteiger charge is 2.31. The lowest BCUT2D eigenvalue weighted by Gasteiger charge is -2.10. The molecular formula is C13H12F3NO3. The van der Waals surface area contributed by atoms with Crippen LogP contribution in [0.3, 0.4) is 0 Å². The summed E-state index contributed by atoms with van der Waals surface area (Å²) < 4.78 is 45.0. The molecule has 0 radical (unpaired) electrons. The van der Waals surface area contributed by atoms with Crippen molar-refractivity contribution >= 4 is 11.7 Å². The van der Waals surface area contributed by atoms with E-state index in [0.717, 1.165) is 6.07 Å². The molecule has 0 bridgehead atoms. The minimum Gasteiger partial charge on any atom is -0.465 e. The Bertz CT molecular complexity index is 544. The van der Waals surface area contributed by atoms with Crippen molar-refractivity contribution in [1.82, 2.24) is 0 Å². The van der Waals surface area contributed by atoms with E-state index in [9.17, 15) is 18.0 Å². The molecule has 1 aromatic carbocycles. The largest absolute Gasteiger partial charge is 0.573 e. The van der Waals surface area contributed by atoms with Crippen LogP contribution in [0.15, 0.2) is 18.2 Å². The average molecular weight is 287 g/mol. The van der Waals surface area contributed by atoms with Crippen LogP contribution in [0.2, 0.25) is 0 Å². The lowest BCUT2D eigenvalue weighted by Crippen LogP contribution is -2.17. The Morgan fingerprint density at radius 2 is 2.10 bits per heavy atom. The van der Waals surface area contributed by atoms with E-state index < -0.39 is 18.1 Å². The summed E-state index contributed by atoms with van der Waals surface area (Å²) in [5, 5.41) is 0. The van der Waals surface area contributed by atoms with Crippen LogP contribution in [0, 0.1) is 11.8 Å². The quantitative estimate of drug-likeness (QED) is 0.527. The predicted molar refractivity (Wildman–Crippen MR) is 65.7 cm³/mol. The van der Waals surface area contributed by atoms with Gasteiger partial charge in [-0.1, -0.05) is 11.8 Å². The highest BCUT2D eigenvalue weighted by Crippen LogP contribution is 2.27. The van der Waals surface area contributed by atoms with E-state index in [1.54, 1.807) is 6.92 Å². The highest BCUT2D eigenvalue weighted by atomic mass is 19.4. The van der Waals surface area contributed by atoms with E-state index in [0.29, 0.717) is 0 Å². The second kappa shape index (κ2) is 6.70. The maximum absolute atomic E-state index is 12.2. The number of hydrogen-bond acceptors (Lipinski definition) is 4. The fraction of sp³-hybridized carbons (Fsp3) is 0.308. The number of carbonyl (C=O) groups excluding carboxylic acids is 1. The van der Waals surface area contributed by atoms with Gasteiger partial charge in [-0.05, 0) is 25.1 Å². The highest BCUT2D eigenvalue weighted by molar-refractivity contribution is 5.72. The number of nitrogens with two attached hydrogens (primary N) is 1. The van der Waals surface area contributed by atoms with Gasteiger partial charge in [0.25, 0.3) is 0 Å². The molecule has 20 heavy (non-hydrogen) atoms. The summed E-state index contributed by atoms with van der Waals surface area (Å²) in [7, 11) is 0. The third-order valence-electron chi connectivity index (χ3n) is 1.99. The molecular weight excluding hydrogens is 275 g/mol. The Kier molecular flexibility index (Phi) is 5.26. The van der Waals surface area contributed by atoms with Gasteiger partial charge in [0.1, 0.15) is 12.2 Å². The molecule has 1 aromatic rings. The molecule has 0 spiro atoms. The number of carbonyl (C=O) groups is 1. The molecule has 7 heteroatoms. The van der Waals surface area contributed by atoms with Crippen molar-refractivity contribution in [1.29, 1.82) is 0 Å². The smallest absolute Gasteiger partial charge is 0.465 e. The van der Waals surface area contributed by atoms with E-state index in [-0.39, 0.29) is 24.3 Å². The fourth-order valence-electron chi connectivity index (χ4n) is 1.28. The zero-order valence-electron chi connectivity index (χ0n) is 10.6. The van der Waals surface area contributed by atoms with E-state index in [2.05, 4.69) is 21.3 Å². The van der Waals surface area contributed by atoms with Crippen LogP contribution in [0.1, 0.15) is 18.9 Å². The molecule has 0 saturated carbocycles. The van der Waals surface area contributed by atoms with Crippen LogP contribution >= 0.6 is 0 Å². The summed E-state index contributed by atoms with van der Waals surface area (Å²) in [6, 6.07) is 3.56. The molecule has 0 unspecified atom stereocenters. The van der Waals surface area contributed by atoms with E-state index in [1.807, 2.05) is 0 Å². The van der Waals surface area contributed by atoms with Crippen molar-refractivity contribution in [2.75, 3.05) is 12.3 Å². The van der Waals surface area contributed by atoms with Gasteiger partial charge >= 0.3 is 12.3 Å². The molecule has 2 N–H and O–H groups in total. The summed E-state index contributed by atoms with van der Waals surface area (Å²) in [4.78, 5) is 11.1. The molecule has 0 aliphatic rings. The monoisotopic (exact) mass is 287 g/mol.